The predicted molar refractivity (Wildman–Crippen MR) is 51.3 cm³/mol. The lowest BCUT2D eigenvalue weighted by molar-refractivity contribution is -0.140. The average molecular weight is 216 g/mol. The fourth-order valence-electron chi connectivity index (χ4n) is 1.10. The predicted octanol–water partition coefficient (Wildman–Crippen LogP) is 1.62. The van der Waals surface area contributed by atoms with Crippen LogP contribution in [0.3, 0.4) is 0 Å². The van der Waals surface area contributed by atoms with Crippen molar-refractivity contribution in [1.82, 2.24) is 10.2 Å². The molecule has 1 unspecified atom stereocenters. The van der Waals surface area contributed by atoms with Crippen molar-refractivity contribution in [3.63, 3.8) is 0 Å². The van der Waals surface area contributed by atoms with Gasteiger partial charge in [0.2, 0.25) is 5.89 Å². The van der Waals surface area contributed by atoms with Crippen LogP contribution in [0.25, 0.3) is 0 Å². The highest BCUT2D eigenvalue weighted by molar-refractivity contribution is 7.98. The molecule has 0 aliphatic heterocycles. The van der Waals surface area contributed by atoms with Gasteiger partial charge >= 0.3 is 5.97 Å². The molecule has 0 saturated carbocycles. The van der Waals surface area contributed by atoms with Gasteiger partial charge in [0.15, 0.2) is 0 Å². The largest absolute Gasteiger partial charge is 0.481 e. The lowest BCUT2D eigenvalue weighted by Gasteiger charge is -2.10. The molecule has 5 nitrogen and oxygen atoms in total. The summed E-state index contributed by atoms with van der Waals surface area (Å²) in [6.07, 6.45) is 1.79. The number of aromatic nitrogens is 2. The minimum Gasteiger partial charge on any atom is -0.481 e. The van der Waals surface area contributed by atoms with Crippen molar-refractivity contribution in [3.05, 3.63) is 5.89 Å². The van der Waals surface area contributed by atoms with Gasteiger partial charge in [0, 0.05) is 0 Å². The lowest BCUT2D eigenvalue weighted by Crippen LogP contribution is -2.17. The maximum Gasteiger partial charge on any atom is 0.316 e. The van der Waals surface area contributed by atoms with Crippen molar-refractivity contribution in [2.45, 2.75) is 25.0 Å². The normalized spacial score (nSPS) is 13.1. The Morgan fingerprint density at radius 1 is 1.50 bits per heavy atom. The minimum atomic E-state index is -0.934. The van der Waals surface area contributed by atoms with E-state index in [9.17, 15) is 4.79 Å². The summed E-state index contributed by atoms with van der Waals surface area (Å²) in [5, 5.41) is 16.8. The molecule has 1 N–H and O–H groups in total. The number of hydrogen-bond donors (Lipinski definition) is 1. The second-order valence-electron chi connectivity index (χ2n) is 3.17. The first-order valence-corrected chi connectivity index (χ1v) is 5.39. The van der Waals surface area contributed by atoms with E-state index in [4.69, 9.17) is 9.52 Å². The summed E-state index contributed by atoms with van der Waals surface area (Å²) in [6.45, 7) is 3.61. The maximum absolute atomic E-state index is 10.9. The zero-order chi connectivity index (χ0) is 10.7. The van der Waals surface area contributed by atoms with Gasteiger partial charge in [-0.15, -0.1) is 10.2 Å². The van der Waals surface area contributed by atoms with E-state index in [-0.39, 0.29) is 11.8 Å². The van der Waals surface area contributed by atoms with Crippen molar-refractivity contribution < 1.29 is 14.3 Å². The van der Waals surface area contributed by atoms with Gasteiger partial charge in [-0.05, 0) is 12.2 Å². The van der Waals surface area contributed by atoms with E-state index in [2.05, 4.69) is 10.2 Å². The molecule has 14 heavy (non-hydrogen) atoms. The number of aliphatic carboxylic acids is 1. The first kappa shape index (κ1) is 11.0. The summed E-state index contributed by atoms with van der Waals surface area (Å²) in [5.41, 5.74) is 0. The van der Waals surface area contributed by atoms with Gasteiger partial charge in [0.05, 0.1) is 0 Å². The van der Waals surface area contributed by atoms with E-state index in [1.54, 1.807) is 6.26 Å². The van der Waals surface area contributed by atoms with E-state index in [0.29, 0.717) is 5.22 Å². The molecule has 1 atom stereocenters. The topological polar surface area (TPSA) is 76.2 Å². The molecule has 0 bridgehead atoms. The summed E-state index contributed by atoms with van der Waals surface area (Å²) < 4.78 is 5.18. The number of carboxylic acid groups (broad SMARTS) is 1. The summed E-state index contributed by atoms with van der Waals surface area (Å²) >= 11 is 1.30. The Kier molecular flexibility index (Phi) is 3.51. The third-order valence-corrected chi connectivity index (χ3v) is 2.31. The molecule has 0 spiro atoms. The van der Waals surface area contributed by atoms with Crippen LogP contribution < -0.4 is 0 Å². The Labute approximate surface area is 85.9 Å². The molecule has 0 aliphatic carbocycles. The Hall–Kier alpha value is -1.04. The van der Waals surface area contributed by atoms with Gasteiger partial charge < -0.3 is 9.52 Å². The second-order valence-corrected chi connectivity index (χ2v) is 3.93. The second kappa shape index (κ2) is 4.45. The highest BCUT2D eigenvalue weighted by Gasteiger charge is 2.29. The van der Waals surface area contributed by atoms with E-state index < -0.39 is 11.9 Å². The lowest BCUT2D eigenvalue weighted by atomic mass is 9.96. The van der Waals surface area contributed by atoms with Crippen LogP contribution in [-0.2, 0) is 4.79 Å². The Morgan fingerprint density at radius 3 is 2.50 bits per heavy atom. The molecule has 0 saturated heterocycles. The SMILES string of the molecule is CSc1nnc(C(C(=O)O)C(C)C)o1. The molecule has 1 heterocycles. The highest BCUT2D eigenvalue weighted by atomic mass is 32.2. The van der Waals surface area contributed by atoms with Crippen molar-refractivity contribution in [2.24, 2.45) is 5.92 Å². The Balaban J connectivity index is 2.93. The standard InChI is InChI=1S/C8H12N2O3S/c1-4(2)5(7(11)12)6-9-10-8(13-6)14-3/h4-5H,1-3H3,(H,11,12). The highest BCUT2D eigenvalue weighted by Crippen LogP contribution is 2.25. The van der Waals surface area contributed by atoms with Gasteiger partial charge in [-0.25, -0.2) is 0 Å². The molecule has 0 aliphatic rings. The molecule has 78 valence electrons. The van der Waals surface area contributed by atoms with Crippen LogP contribution in [0.2, 0.25) is 0 Å². The molecule has 1 aromatic rings. The van der Waals surface area contributed by atoms with E-state index in [1.807, 2.05) is 13.8 Å². The third kappa shape index (κ3) is 2.25. The van der Waals surface area contributed by atoms with Crippen LogP contribution in [-0.4, -0.2) is 27.5 Å². The number of carboxylic acids is 1. The van der Waals surface area contributed by atoms with Crippen LogP contribution in [0, 0.1) is 5.92 Å². The Morgan fingerprint density at radius 2 is 2.14 bits per heavy atom. The maximum atomic E-state index is 10.9. The van der Waals surface area contributed by atoms with Crippen molar-refractivity contribution in [1.29, 1.82) is 0 Å². The van der Waals surface area contributed by atoms with Crippen LogP contribution in [0.5, 0.6) is 0 Å². The van der Waals surface area contributed by atoms with Crippen LogP contribution in [0.4, 0.5) is 0 Å². The molecule has 1 aromatic heterocycles. The molecule has 0 radical (unpaired) electrons. The number of carbonyl (C=O) groups is 1. The number of thioether (sulfide) groups is 1. The smallest absolute Gasteiger partial charge is 0.316 e. The fourth-order valence-corrected chi connectivity index (χ4v) is 1.40. The van der Waals surface area contributed by atoms with Crippen LogP contribution >= 0.6 is 11.8 Å². The summed E-state index contributed by atoms with van der Waals surface area (Å²) in [4.78, 5) is 10.9. The molecular weight excluding hydrogens is 204 g/mol. The van der Waals surface area contributed by atoms with Gasteiger partial charge in [0.25, 0.3) is 5.22 Å². The first-order chi connectivity index (χ1) is 6.56. The van der Waals surface area contributed by atoms with Crippen molar-refractivity contribution >= 4 is 17.7 Å². The summed E-state index contributed by atoms with van der Waals surface area (Å²) in [5.74, 6) is -1.54. The zero-order valence-corrected chi connectivity index (χ0v) is 9.04. The zero-order valence-electron chi connectivity index (χ0n) is 8.22. The van der Waals surface area contributed by atoms with E-state index in [1.165, 1.54) is 11.8 Å². The van der Waals surface area contributed by atoms with Gasteiger partial charge in [0.1, 0.15) is 5.92 Å². The number of hydrogen-bond acceptors (Lipinski definition) is 5. The van der Waals surface area contributed by atoms with Gasteiger partial charge in [-0.2, -0.15) is 0 Å². The fraction of sp³-hybridized carbons (Fsp3) is 0.625. The van der Waals surface area contributed by atoms with E-state index in [0.717, 1.165) is 0 Å². The molecular formula is C8H12N2O3S. The molecule has 1 rings (SSSR count). The molecule has 0 aromatic carbocycles. The van der Waals surface area contributed by atoms with Crippen molar-refractivity contribution in [2.75, 3.05) is 6.26 Å². The molecule has 0 amide bonds. The Bertz CT molecular complexity index is 324. The van der Waals surface area contributed by atoms with Crippen LogP contribution in [0.15, 0.2) is 9.64 Å². The van der Waals surface area contributed by atoms with E-state index >= 15 is 0 Å². The van der Waals surface area contributed by atoms with Gasteiger partial charge in [-0.1, -0.05) is 25.6 Å². The monoisotopic (exact) mass is 216 g/mol. The van der Waals surface area contributed by atoms with Crippen molar-refractivity contribution in [3.8, 4) is 0 Å². The minimum absolute atomic E-state index is 0.0670. The quantitative estimate of drug-likeness (QED) is 0.770. The summed E-state index contributed by atoms with van der Waals surface area (Å²) in [7, 11) is 0. The number of nitrogens with zero attached hydrogens (tertiary/aromatic N) is 2. The van der Waals surface area contributed by atoms with Crippen LogP contribution in [0.1, 0.15) is 25.7 Å². The summed E-state index contributed by atoms with van der Waals surface area (Å²) in [6, 6.07) is 0. The first-order valence-electron chi connectivity index (χ1n) is 4.16. The molecule has 0 fully saturated rings. The average Bonchev–Trinajstić information content (AvgIpc) is 2.51. The van der Waals surface area contributed by atoms with Gasteiger partial charge in [-0.3, -0.25) is 4.79 Å². The third-order valence-electron chi connectivity index (χ3n) is 1.80. The molecule has 6 heteroatoms. The number of rotatable bonds is 4.